The first-order chi connectivity index (χ1) is 15.1. The number of aryl methyl sites for hydroxylation is 1. The predicted octanol–water partition coefficient (Wildman–Crippen LogP) is 7.81. The third-order valence-electron chi connectivity index (χ3n) is 8.02. The molecule has 0 unspecified atom stereocenters. The molecule has 2 saturated carbocycles. The molecule has 3 nitrogen and oxygen atoms in total. The van der Waals surface area contributed by atoms with Gasteiger partial charge in [-0.25, -0.2) is 0 Å². The first-order valence-electron chi connectivity index (χ1n) is 13.2. The Hall–Kier alpha value is -0.409. The summed E-state index contributed by atoms with van der Waals surface area (Å²) in [6, 6.07) is 7.02. The minimum atomic E-state index is -1.67. The highest BCUT2D eigenvalue weighted by molar-refractivity contribution is 6.70. The van der Waals surface area contributed by atoms with Crippen molar-refractivity contribution in [1.82, 2.24) is 0 Å². The van der Waals surface area contributed by atoms with Crippen LogP contribution in [0.5, 0.6) is 5.75 Å². The van der Waals surface area contributed by atoms with E-state index in [4.69, 9.17) is 13.3 Å². The molecule has 3 aliphatic carbocycles. The average molecular weight is 505 g/mol. The van der Waals surface area contributed by atoms with Gasteiger partial charge >= 0.3 is 0 Å². The Kier molecular flexibility index (Phi) is 6.70. The van der Waals surface area contributed by atoms with Crippen LogP contribution in [0, 0.1) is 17.3 Å². The topological polar surface area (TPSA) is 27.7 Å². The standard InChI is InChI=1S/C27H48O3Si3/c1-27-16-15-22-21-14-12-20(28-31(2,3)4)17-19(21)11-13-23(22)24(27)18-25(29-32(5,6)7)26(27)30-33(8,9)10/h12,14,17,22-26H,11,13,15-16,18H2,1-10H3/t22-,23-,24+,25-,26+,27+/m1/s1. The summed E-state index contributed by atoms with van der Waals surface area (Å²) in [5.74, 6) is 3.22. The molecule has 1 aromatic rings. The van der Waals surface area contributed by atoms with Crippen molar-refractivity contribution in [2.75, 3.05) is 0 Å². The molecule has 2 fully saturated rings. The van der Waals surface area contributed by atoms with Crippen molar-refractivity contribution in [3.63, 3.8) is 0 Å². The molecular formula is C27H48O3Si3. The van der Waals surface area contributed by atoms with Gasteiger partial charge in [-0.05, 0) is 137 Å². The molecule has 33 heavy (non-hydrogen) atoms. The summed E-state index contributed by atoms with van der Waals surface area (Å²) < 4.78 is 20.1. The van der Waals surface area contributed by atoms with E-state index in [1.807, 2.05) is 0 Å². The van der Waals surface area contributed by atoms with Crippen LogP contribution in [0.15, 0.2) is 18.2 Å². The predicted molar refractivity (Wildman–Crippen MR) is 147 cm³/mol. The van der Waals surface area contributed by atoms with Crippen LogP contribution in [0.2, 0.25) is 58.9 Å². The van der Waals surface area contributed by atoms with Gasteiger partial charge in [-0.2, -0.15) is 0 Å². The van der Waals surface area contributed by atoms with E-state index in [1.165, 1.54) is 32.1 Å². The molecule has 0 aliphatic heterocycles. The first kappa shape index (κ1) is 25.7. The van der Waals surface area contributed by atoms with Crippen molar-refractivity contribution < 1.29 is 13.3 Å². The van der Waals surface area contributed by atoms with Gasteiger partial charge in [-0.15, -0.1) is 0 Å². The molecule has 0 heterocycles. The van der Waals surface area contributed by atoms with E-state index in [9.17, 15) is 0 Å². The molecule has 3 aliphatic rings. The Morgan fingerprint density at radius 1 is 0.848 bits per heavy atom. The normalized spacial score (nSPS) is 34.4. The average Bonchev–Trinajstić information content (AvgIpc) is 2.89. The van der Waals surface area contributed by atoms with Gasteiger partial charge in [0.1, 0.15) is 5.75 Å². The molecular weight excluding hydrogens is 457 g/mol. The summed E-state index contributed by atoms with van der Waals surface area (Å²) >= 11 is 0. The van der Waals surface area contributed by atoms with E-state index in [0.717, 1.165) is 11.7 Å². The van der Waals surface area contributed by atoms with Gasteiger partial charge in [0.15, 0.2) is 16.6 Å². The molecule has 0 radical (unpaired) electrons. The quantitative estimate of drug-likeness (QED) is 0.370. The third-order valence-corrected chi connectivity index (χ3v) is 10.8. The molecule has 0 saturated heterocycles. The van der Waals surface area contributed by atoms with Crippen molar-refractivity contribution in [3.05, 3.63) is 29.3 Å². The maximum absolute atomic E-state index is 6.96. The first-order valence-corrected chi connectivity index (χ1v) is 23.5. The molecule has 0 spiro atoms. The van der Waals surface area contributed by atoms with E-state index in [1.54, 1.807) is 11.1 Å². The number of fused-ring (bicyclic) bond motifs is 5. The lowest BCUT2D eigenvalue weighted by Crippen LogP contribution is -2.50. The highest BCUT2D eigenvalue weighted by Crippen LogP contribution is 2.62. The number of rotatable bonds is 6. The van der Waals surface area contributed by atoms with Crippen molar-refractivity contribution in [1.29, 1.82) is 0 Å². The Balaban J connectivity index is 1.62. The van der Waals surface area contributed by atoms with E-state index in [0.29, 0.717) is 11.8 Å². The van der Waals surface area contributed by atoms with Crippen LogP contribution in [0.4, 0.5) is 0 Å². The minimum Gasteiger partial charge on any atom is -0.544 e. The third kappa shape index (κ3) is 5.55. The Morgan fingerprint density at radius 3 is 2.12 bits per heavy atom. The Morgan fingerprint density at radius 2 is 1.52 bits per heavy atom. The van der Waals surface area contributed by atoms with Crippen LogP contribution in [-0.4, -0.2) is 37.2 Å². The van der Waals surface area contributed by atoms with E-state index in [-0.39, 0.29) is 17.6 Å². The fourth-order valence-electron chi connectivity index (χ4n) is 7.07. The fourth-order valence-corrected chi connectivity index (χ4v) is 10.2. The molecule has 0 amide bonds. The van der Waals surface area contributed by atoms with Gasteiger partial charge in [-0.3, -0.25) is 0 Å². The van der Waals surface area contributed by atoms with Gasteiger partial charge in [0, 0.05) is 0 Å². The van der Waals surface area contributed by atoms with E-state index < -0.39 is 25.0 Å². The van der Waals surface area contributed by atoms with Crippen LogP contribution in [0.1, 0.15) is 49.7 Å². The summed E-state index contributed by atoms with van der Waals surface area (Å²) in [4.78, 5) is 0. The van der Waals surface area contributed by atoms with Crippen LogP contribution in [0.25, 0.3) is 0 Å². The summed E-state index contributed by atoms with van der Waals surface area (Å²) in [6.07, 6.45) is 6.74. The van der Waals surface area contributed by atoms with Crippen LogP contribution < -0.4 is 4.43 Å². The largest absolute Gasteiger partial charge is 0.544 e. The zero-order valence-corrected chi connectivity index (χ0v) is 25.9. The maximum atomic E-state index is 6.96. The molecule has 0 aromatic heterocycles. The van der Waals surface area contributed by atoms with Gasteiger partial charge < -0.3 is 13.3 Å². The smallest absolute Gasteiger partial charge is 0.242 e. The summed E-state index contributed by atoms with van der Waals surface area (Å²) in [7, 11) is -4.89. The lowest BCUT2D eigenvalue weighted by Gasteiger charge is -2.51. The summed E-state index contributed by atoms with van der Waals surface area (Å²) in [5.41, 5.74) is 3.39. The molecule has 1 aromatic carbocycles. The minimum absolute atomic E-state index is 0.240. The Labute approximate surface area is 206 Å². The van der Waals surface area contributed by atoms with Crippen LogP contribution >= 0.6 is 0 Å². The monoisotopic (exact) mass is 504 g/mol. The molecule has 0 bridgehead atoms. The van der Waals surface area contributed by atoms with Gasteiger partial charge in [0.25, 0.3) is 0 Å². The summed E-state index contributed by atoms with van der Waals surface area (Å²) in [5, 5.41) is 0. The maximum Gasteiger partial charge on any atom is 0.242 e. The highest BCUT2D eigenvalue weighted by atomic mass is 28.4. The second-order valence-corrected chi connectivity index (χ2v) is 27.5. The van der Waals surface area contributed by atoms with Gasteiger partial charge in [0.05, 0.1) is 12.2 Å². The second-order valence-electron chi connectivity index (χ2n) is 14.2. The Bertz CT molecular complexity index is 867. The molecule has 6 atom stereocenters. The number of hydrogen-bond donors (Lipinski definition) is 0. The van der Waals surface area contributed by atoms with Crippen LogP contribution in [-0.2, 0) is 15.3 Å². The number of hydrogen-bond acceptors (Lipinski definition) is 3. The molecule has 6 heteroatoms. The van der Waals surface area contributed by atoms with Crippen molar-refractivity contribution in [3.8, 4) is 5.75 Å². The zero-order chi connectivity index (χ0) is 24.4. The SMILES string of the molecule is C[C@]12CC[C@@H]3c4ccc(O[Si](C)(C)C)cc4CC[C@H]3[C@@H]1C[C@@H](O[Si](C)(C)C)[C@@H]2O[Si](C)(C)C. The van der Waals surface area contributed by atoms with Gasteiger partial charge in [-0.1, -0.05) is 13.0 Å². The van der Waals surface area contributed by atoms with Crippen molar-refractivity contribution in [2.45, 2.75) is 116 Å². The van der Waals surface area contributed by atoms with Crippen LogP contribution in [0.3, 0.4) is 0 Å². The van der Waals surface area contributed by atoms with Crippen molar-refractivity contribution >= 4 is 25.0 Å². The number of benzene rings is 1. The van der Waals surface area contributed by atoms with E-state index in [2.05, 4.69) is 84.0 Å². The van der Waals surface area contributed by atoms with Crippen molar-refractivity contribution in [2.24, 2.45) is 17.3 Å². The highest BCUT2D eigenvalue weighted by Gasteiger charge is 2.60. The van der Waals surface area contributed by atoms with Gasteiger partial charge in [0.2, 0.25) is 8.32 Å². The zero-order valence-electron chi connectivity index (χ0n) is 22.9. The molecule has 4 rings (SSSR count). The second kappa shape index (κ2) is 8.61. The molecule has 186 valence electrons. The van der Waals surface area contributed by atoms with E-state index >= 15 is 0 Å². The summed E-state index contributed by atoms with van der Waals surface area (Å²) in [6.45, 7) is 23.4. The lowest BCUT2D eigenvalue weighted by atomic mass is 9.55. The lowest BCUT2D eigenvalue weighted by molar-refractivity contribution is -0.0363. The molecule has 0 N–H and O–H groups in total. The fraction of sp³-hybridized carbons (Fsp3) is 0.778.